The molecular weight excluding hydrogens is 471 g/mol. The first-order valence-electron chi connectivity index (χ1n) is 10.8. The summed E-state index contributed by atoms with van der Waals surface area (Å²) in [5.74, 6) is -1.01. The van der Waals surface area contributed by atoms with Crippen LogP contribution in [0.5, 0.6) is 11.5 Å². The Hall–Kier alpha value is -4.80. The van der Waals surface area contributed by atoms with E-state index in [0.717, 1.165) is 11.8 Å². The quantitative estimate of drug-likeness (QED) is 0.233. The first-order chi connectivity index (χ1) is 17.4. The van der Waals surface area contributed by atoms with Gasteiger partial charge in [-0.2, -0.15) is 5.10 Å². The van der Waals surface area contributed by atoms with Crippen molar-refractivity contribution in [2.75, 3.05) is 12.4 Å². The van der Waals surface area contributed by atoms with Crippen LogP contribution in [0.1, 0.15) is 24.0 Å². The fraction of sp³-hybridized carbons (Fsp3) is 0.160. The van der Waals surface area contributed by atoms with Crippen LogP contribution in [0.3, 0.4) is 0 Å². The van der Waals surface area contributed by atoms with Gasteiger partial charge in [0.2, 0.25) is 11.8 Å². The monoisotopic (exact) mass is 494 g/mol. The lowest BCUT2D eigenvalue weighted by Gasteiger charge is -2.12. The average Bonchev–Trinajstić information content (AvgIpc) is 2.88. The molecule has 0 aliphatic rings. The smallest absolute Gasteiger partial charge is 0.282 e. The summed E-state index contributed by atoms with van der Waals surface area (Å²) in [5, 5.41) is 17.9. The molecule has 3 rings (SSSR count). The van der Waals surface area contributed by atoms with Crippen molar-refractivity contribution >= 4 is 29.4 Å². The standard InChI is InChI=1S/C25H23FN4O6/c1-35-22-13-18(21(30(33)34)14-23(22)36-16-17-5-3-2-4-6-17)15-27-29-25(32)12-11-24(31)28-20-9-7-19(26)8-10-20/h2-10,13-15H,11-12,16H2,1H3,(H,28,31)(H,29,32). The SMILES string of the molecule is COc1cc(C=NNC(=O)CCC(=O)Nc2ccc(F)cc2)c([N+](=O)[O-])cc1OCc1ccccc1. The van der Waals surface area contributed by atoms with E-state index in [0.29, 0.717) is 5.69 Å². The van der Waals surface area contributed by atoms with Crippen molar-refractivity contribution in [1.29, 1.82) is 0 Å². The molecule has 0 fully saturated rings. The lowest BCUT2D eigenvalue weighted by molar-refractivity contribution is -0.385. The summed E-state index contributed by atoms with van der Waals surface area (Å²) in [6.07, 6.45) is 0.792. The number of carbonyl (C=O) groups is 2. The van der Waals surface area contributed by atoms with Crippen molar-refractivity contribution < 1.29 is 28.4 Å². The Morgan fingerprint density at radius 3 is 2.39 bits per heavy atom. The van der Waals surface area contributed by atoms with Crippen molar-refractivity contribution in [3.8, 4) is 11.5 Å². The highest BCUT2D eigenvalue weighted by molar-refractivity contribution is 5.93. The zero-order chi connectivity index (χ0) is 25.9. The third kappa shape index (κ3) is 7.62. The summed E-state index contributed by atoms with van der Waals surface area (Å²) in [5.41, 5.74) is 3.29. The van der Waals surface area contributed by atoms with Gasteiger partial charge in [-0.15, -0.1) is 0 Å². The summed E-state index contributed by atoms with van der Waals surface area (Å²) in [7, 11) is 1.40. The molecule has 2 amide bonds. The minimum Gasteiger partial charge on any atom is -0.493 e. The molecule has 0 spiro atoms. The second-order valence-corrected chi connectivity index (χ2v) is 7.44. The number of hydrogen-bond acceptors (Lipinski definition) is 7. The Balaban J connectivity index is 1.59. The van der Waals surface area contributed by atoms with Gasteiger partial charge in [0.15, 0.2) is 11.5 Å². The Morgan fingerprint density at radius 2 is 1.72 bits per heavy atom. The molecule has 11 heteroatoms. The molecule has 0 atom stereocenters. The van der Waals surface area contributed by atoms with Crippen LogP contribution < -0.4 is 20.2 Å². The van der Waals surface area contributed by atoms with Crippen LogP contribution in [-0.4, -0.2) is 30.1 Å². The molecule has 0 radical (unpaired) electrons. The second kappa shape index (κ2) is 12.6. The van der Waals surface area contributed by atoms with Crippen LogP contribution >= 0.6 is 0 Å². The Kier molecular flexibility index (Phi) is 9.04. The molecule has 0 aliphatic heterocycles. The number of halogens is 1. The van der Waals surface area contributed by atoms with Crippen molar-refractivity contribution in [1.82, 2.24) is 5.43 Å². The maximum atomic E-state index is 12.9. The lowest BCUT2D eigenvalue weighted by atomic mass is 10.1. The average molecular weight is 494 g/mol. The number of methoxy groups -OCH3 is 1. The first-order valence-corrected chi connectivity index (χ1v) is 10.8. The van der Waals surface area contributed by atoms with Gasteiger partial charge in [0.05, 0.1) is 29.9 Å². The molecule has 3 aromatic carbocycles. The van der Waals surface area contributed by atoms with E-state index < -0.39 is 22.6 Å². The normalized spacial score (nSPS) is 10.6. The molecule has 2 N–H and O–H groups in total. The highest BCUT2D eigenvalue weighted by atomic mass is 19.1. The van der Waals surface area contributed by atoms with Crippen LogP contribution in [0.15, 0.2) is 71.8 Å². The van der Waals surface area contributed by atoms with E-state index in [1.807, 2.05) is 30.3 Å². The largest absolute Gasteiger partial charge is 0.493 e. The minimum atomic E-state index is -0.599. The van der Waals surface area contributed by atoms with Crippen LogP contribution in [0.4, 0.5) is 15.8 Å². The van der Waals surface area contributed by atoms with Gasteiger partial charge in [0.25, 0.3) is 5.69 Å². The molecule has 0 unspecified atom stereocenters. The Labute approximate surface area is 205 Å². The van der Waals surface area contributed by atoms with Crippen LogP contribution in [0.25, 0.3) is 0 Å². The van der Waals surface area contributed by atoms with Gasteiger partial charge in [-0.25, -0.2) is 9.82 Å². The van der Waals surface area contributed by atoms with E-state index >= 15 is 0 Å². The van der Waals surface area contributed by atoms with Gasteiger partial charge in [0, 0.05) is 18.5 Å². The van der Waals surface area contributed by atoms with Gasteiger partial charge < -0.3 is 14.8 Å². The number of amides is 2. The summed E-state index contributed by atoms with van der Waals surface area (Å²) >= 11 is 0. The van der Waals surface area contributed by atoms with E-state index in [1.54, 1.807) is 0 Å². The maximum Gasteiger partial charge on any atom is 0.282 e. The minimum absolute atomic E-state index is 0.0817. The number of nitrogens with one attached hydrogen (secondary N) is 2. The molecule has 0 heterocycles. The summed E-state index contributed by atoms with van der Waals surface area (Å²) in [6, 6.07) is 17.1. The summed E-state index contributed by atoms with van der Waals surface area (Å²) in [6.45, 7) is 0.187. The first kappa shape index (κ1) is 25.8. The molecular formula is C25H23FN4O6. The zero-order valence-corrected chi connectivity index (χ0v) is 19.3. The number of hydrogen-bond donors (Lipinski definition) is 2. The molecule has 3 aromatic rings. The van der Waals surface area contributed by atoms with E-state index in [1.165, 1.54) is 43.5 Å². The highest BCUT2D eigenvalue weighted by Gasteiger charge is 2.19. The van der Waals surface area contributed by atoms with Crippen molar-refractivity contribution in [2.45, 2.75) is 19.4 Å². The third-order valence-electron chi connectivity index (χ3n) is 4.85. The van der Waals surface area contributed by atoms with E-state index in [9.17, 15) is 24.1 Å². The number of nitro groups is 1. The molecule has 10 nitrogen and oxygen atoms in total. The van der Waals surface area contributed by atoms with Gasteiger partial charge >= 0.3 is 0 Å². The van der Waals surface area contributed by atoms with Crippen molar-refractivity contribution in [2.24, 2.45) is 5.10 Å². The fourth-order valence-electron chi connectivity index (χ4n) is 3.05. The molecule has 36 heavy (non-hydrogen) atoms. The second-order valence-electron chi connectivity index (χ2n) is 7.44. The predicted molar refractivity (Wildman–Crippen MR) is 130 cm³/mol. The molecule has 0 bridgehead atoms. The maximum absolute atomic E-state index is 12.9. The number of ether oxygens (including phenoxy) is 2. The van der Waals surface area contributed by atoms with Crippen LogP contribution in [0.2, 0.25) is 0 Å². The van der Waals surface area contributed by atoms with Crippen LogP contribution in [0, 0.1) is 15.9 Å². The van der Waals surface area contributed by atoms with Gasteiger partial charge in [-0.1, -0.05) is 30.3 Å². The van der Waals surface area contributed by atoms with Gasteiger partial charge in [-0.3, -0.25) is 19.7 Å². The molecule has 0 aliphatic carbocycles. The number of nitrogens with zero attached hydrogens (tertiary/aromatic N) is 2. The number of carbonyl (C=O) groups excluding carboxylic acids is 2. The van der Waals surface area contributed by atoms with Crippen LogP contribution in [-0.2, 0) is 16.2 Å². The molecule has 0 aromatic heterocycles. The number of hydrazone groups is 1. The predicted octanol–water partition coefficient (Wildman–Crippen LogP) is 4.19. The highest BCUT2D eigenvalue weighted by Crippen LogP contribution is 2.34. The summed E-state index contributed by atoms with van der Waals surface area (Å²) < 4.78 is 23.9. The third-order valence-corrected chi connectivity index (χ3v) is 4.85. The number of rotatable bonds is 11. The van der Waals surface area contributed by atoms with Crippen molar-refractivity contribution in [3.63, 3.8) is 0 Å². The Morgan fingerprint density at radius 1 is 1.03 bits per heavy atom. The number of benzene rings is 3. The van der Waals surface area contributed by atoms with Crippen molar-refractivity contribution in [3.05, 3.63) is 93.8 Å². The van der Waals surface area contributed by atoms with Gasteiger partial charge in [0.1, 0.15) is 12.4 Å². The zero-order valence-electron chi connectivity index (χ0n) is 19.3. The topological polar surface area (TPSA) is 132 Å². The fourth-order valence-corrected chi connectivity index (χ4v) is 3.05. The van der Waals surface area contributed by atoms with Gasteiger partial charge in [-0.05, 0) is 35.9 Å². The lowest BCUT2D eigenvalue weighted by Crippen LogP contribution is -2.20. The van der Waals surface area contributed by atoms with E-state index in [2.05, 4.69) is 15.8 Å². The summed E-state index contributed by atoms with van der Waals surface area (Å²) in [4.78, 5) is 34.9. The Bertz CT molecular complexity index is 1250. The molecule has 0 saturated carbocycles. The molecule has 186 valence electrons. The number of nitro benzene ring substituents is 1. The number of anilines is 1. The molecule has 0 saturated heterocycles. The van der Waals surface area contributed by atoms with E-state index in [-0.39, 0.29) is 42.2 Å². The van der Waals surface area contributed by atoms with E-state index in [4.69, 9.17) is 9.47 Å².